The summed E-state index contributed by atoms with van der Waals surface area (Å²) in [6, 6.07) is 19.9. The number of amides is 1. The van der Waals surface area contributed by atoms with Crippen molar-refractivity contribution in [3.63, 3.8) is 0 Å². The summed E-state index contributed by atoms with van der Waals surface area (Å²) in [7, 11) is 0. The lowest BCUT2D eigenvalue weighted by atomic mass is 10.1. The van der Waals surface area contributed by atoms with Crippen LogP contribution in [0.5, 0.6) is 0 Å². The minimum atomic E-state index is 0.0727. The molecule has 0 radical (unpaired) electrons. The fourth-order valence-corrected chi connectivity index (χ4v) is 2.35. The molecule has 22 heavy (non-hydrogen) atoms. The van der Waals surface area contributed by atoms with Crippen molar-refractivity contribution < 1.29 is 4.79 Å². The first-order valence-electron chi connectivity index (χ1n) is 7.82. The van der Waals surface area contributed by atoms with Gasteiger partial charge in [-0.25, -0.2) is 0 Å². The maximum Gasteiger partial charge on any atom is 0.253 e. The Morgan fingerprint density at radius 2 is 1.59 bits per heavy atom. The third-order valence-corrected chi connectivity index (χ3v) is 3.57. The lowest BCUT2D eigenvalue weighted by Gasteiger charge is -2.23. The third-order valence-electron chi connectivity index (χ3n) is 3.57. The zero-order chi connectivity index (χ0) is 15.8. The number of nitrogens with zero attached hydrogens (tertiary/aromatic N) is 1. The molecule has 0 saturated carbocycles. The van der Waals surface area contributed by atoms with E-state index in [-0.39, 0.29) is 5.91 Å². The van der Waals surface area contributed by atoms with Gasteiger partial charge in [-0.15, -0.1) is 0 Å². The summed E-state index contributed by atoms with van der Waals surface area (Å²) in [5.41, 5.74) is 2.77. The topological polar surface area (TPSA) is 20.3 Å². The monoisotopic (exact) mass is 293 g/mol. The van der Waals surface area contributed by atoms with Crippen LogP contribution in [0.25, 0.3) is 6.08 Å². The van der Waals surface area contributed by atoms with Crippen LogP contribution < -0.4 is 4.90 Å². The van der Waals surface area contributed by atoms with E-state index in [9.17, 15) is 4.79 Å². The first-order chi connectivity index (χ1) is 10.7. The lowest BCUT2D eigenvalue weighted by molar-refractivity contribution is -0.115. The number of carbonyl (C=O) groups excluding carboxylic acids is 1. The third kappa shape index (κ3) is 4.32. The van der Waals surface area contributed by atoms with Gasteiger partial charge in [0.2, 0.25) is 0 Å². The number of para-hydroxylation sites is 1. The van der Waals surface area contributed by atoms with Crippen molar-refractivity contribution >= 4 is 17.7 Å². The molecule has 0 unspecified atom stereocenters. The van der Waals surface area contributed by atoms with Crippen LogP contribution in [0.4, 0.5) is 5.69 Å². The second kappa shape index (κ2) is 8.18. The van der Waals surface area contributed by atoms with E-state index in [4.69, 9.17) is 0 Å². The highest BCUT2D eigenvalue weighted by Crippen LogP contribution is 2.18. The molecule has 2 heteroatoms. The predicted octanol–water partition coefficient (Wildman–Crippen LogP) is 4.92. The van der Waals surface area contributed by atoms with Crippen LogP contribution in [0, 0.1) is 0 Å². The van der Waals surface area contributed by atoms with Crippen LogP contribution >= 0.6 is 0 Å². The van der Waals surface area contributed by atoms with E-state index in [1.54, 1.807) is 0 Å². The highest BCUT2D eigenvalue weighted by molar-refractivity contribution is 6.07. The fraction of sp³-hybridized carbons (Fsp3) is 0.250. The summed E-state index contributed by atoms with van der Waals surface area (Å²) < 4.78 is 0. The molecule has 0 bridgehead atoms. The Morgan fingerprint density at radius 1 is 1.00 bits per heavy atom. The van der Waals surface area contributed by atoms with E-state index in [1.165, 1.54) is 0 Å². The molecule has 0 spiro atoms. The van der Waals surface area contributed by atoms with Gasteiger partial charge >= 0.3 is 0 Å². The first-order valence-corrected chi connectivity index (χ1v) is 7.82. The standard InChI is InChI=1S/C20H23NO/c1-3-4-15-21(19-13-9-6-10-14-19)20(22)17(2)16-18-11-7-5-8-12-18/h5-14,16H,3-4,15H2,1-2H3/b17-16+. The Kier molecular flexibility index (Phi) is 5.96. The van der Waals surface area contributed by atoms with Gasteiger partial charge in [-0.05, 0) is 37.1 Å². The van der Waals surface area contributed by atoms with Crippen LogP contribution in [0.2, 0.25) is 0 Å². The van der Waals surface area contributed by atoms with E-state index < -0.39 is 0 Å². The molecule has 0 fully saturated rings. The predicted molar refractivity (Wildman–Crippen MR) is 93.8 cm³/mol. The average Bonchev–Trinajstić information content (AvgIpc) is 2.57. The maximum atomic E-state index is 12.8. The Hall–Kier alpha value is -2.35. The largest absolute Gasteiger partial charge is 0.309 e. The molecule has 0 aliphatic rings. The summed E-state index contributed by atoms with van der Waals surface area (Å²) in [5.74, 6) is 0.0727. The van der Waals surface area contributed by atoms with E-state index in [1.807, 2.05) is 78.6 Å². The van der Waals surface area contributed by atoms with Gasteiger partial charge < -0.3 is 4.90 Å². The van der Waals surface area contributed by atoms with Gasteiger partial charge in [0.1, 0.15) is 0 Å². The molecule has 2 aromatic rings. The molecule has 0 aliphatic heterocycles. The van der Waals surface area contributed by atoms with Gasteiger partial charge in [-0.1, -0.05) is 61.9 Å². The molecule has 0 N–H and O–H groups in total. The summed E-state index contributed by atoms with van der Waals surface area (Å²) in [6.45, 7) is 4.77. The molecule has 0 aliphatic carbocycles. The maximum absolute atomic E-state index is 12.8. The molecule has 0 atom stereocenters. The van der Waals surface area contributed by atoms with E-state index in [2.05, 4.69) is 6.92 Å². The SMILES string of the molecule is CCCCN(C(=O)/C(C)=C/c1ccccc1)c1ccccc1. The minimum Gasteiger partial charge on any atom is -0.309 e. The number of hydrogen-bond acceptors (Lipinski definition) is 1. The Labute approximate surface area is 133 Å². The molecular weight excluding hydrogens is 270 g/mol. The smallest absolute Gasteiger partial charge is 0.253 e. The molecule has 2 nitrogen and oxygen atoms in total. The van der Waals surface area contributed by atoms with Gasteiger partial charge in [0.05, 0.1) is 0 Å². The molecule has 1 amide bonds. The van der Waals surface area contributed by atoms with Gasteiger partial charge in [0, 0.05) is 17.8 Å². The first kappa shape index (κ1) is 16.0. The van der Waals surface area contributed by atoms with Gasteiger partial charge in [-0.2, -0.15) is 0 Å². The van der Waals surface area contributed by atoms with Gasteiger partial charge in [0.15, 0.2) is 0 Å². The zero-order valence-corrected chi connectivity index (χ0v) is 13.3. The van der Waals surface area contributed by atoms with Crippen LogP contribution in [-0.4, -0.2) is 12.5 Å². The van der Waals surface area contributed by atoms with Crippen molar-refractivity contribution in [1.82, 2.24) is 0 Å². The van der Waals surface area contributed by atoms with Crippen molar-refractivity contribution in [1.29, 1.82) is 0 Å². The van der Waals surface area contributed by atoms with Crippen LogP contribution in [-0.2, 0) is 4.79 Å². The Bertz CT molecular complexity index is 617. The Morgan fingerprint density at radius 3 is 2.18 bits per heavy atom. The molecular formula is C20H23NO. The van der Waals surface area contributed by atoms with Crippen molar-refractivity contribution in [3.05, 3.63) is 71.8 Å². The zero-order valence-electron chi connectivity index (χ0n) is 13.3. The summed E-state index contributed by atoms with van der Waals surface area (Å²) in [6.07, 6.45) is 4.02. The molecule has 0 aromatic heterocycles. The van der Waals surface area contributed by atoms with E-state index >= 15 is 0 Å². The summed E-state index contributed by atoms with van der Waals surface area (Å²) in [4.78, 5) is 14.7. The van der Waals surface area contributed by atoms with Crippen LogP contribution in [0.3, 0.4) is 0 Å². The molecule has 0 heterocycles. The minimum absolute atomic E-state index is 0.0727. The molecule has 114 valence electrons. The highest BCUT2D eigenvalue weighted by Gasteiger charge is 2.16. The van der Waals surface area contributed by atoms with E-state index in [0.29, 0.717) is 0 Å². The fourth-order valence-electron chi connectivity index (χ4n) is 2.35. The van der Waals surface area contributed by atoms with Crippen LogP contribution in [0.15, 0.2) is 66.2 Å². The van der Waals surface area contributed by atoms with Crippen LogP contribution in [0.1, 0.15) is 32.3 Å². The van der Waals surface area contributed by atoms with Gasteiger partial charge in [-0.3, -0.25) is 4.79 Å². The number of benzene rings is 2. The van der Waals surface area contributed by atoms with Crippen molar-refractivity contribution in [3.8, 4) is 0 Å². The number of unbranched alkanes of at least 4 members (excludes halogenated alkanes) is 1. The summed E-state index contributed by atoms with van der Waals surface area (Å²) in [5, 5.41) is 0. The quantitative estimate of drug-likeness (QED) is 0.692. The lowest BCUT2D eigenvalue weighted by Crippen LogP contribution is -2.32. The normalized spacial score (nSPS) is 11.3. The highest BCUT2D eigenvalue weighted by atomic mass is 16.2. The Balaban J connectivity index is 2.23. The van der Waals surface area contributed by atoms with Crippen molar-refractivity contribution in [2.24, 2.45) is 0 Å². The molecule has 0 saturated heterocycles. The number of anilines is 1. The molecule has 2 aromatic carbocycles. The number of carbonyl (C=O) groups is 1. The second-order valence-electron chi connectivity index (χ2n) is 5.38. The van der Waals surface area contributed by atoms with E-state index in [0.717, 1.165) is 36.2 Å². The number of hydrogen-bond donors (Lipinski definition) is 0. The van der Waals surface area contributed by atoms with Gasteiger partial charge in [0.25, 0.3) is 5.91 Å². The average molecular weight is 293 g/mol. The number of rotatable bonds is 6. The van der Waals surface area contributed by atoms with Crippen molar-refractivity contribution in [2.75, 3.05) is 11.4 Å². The molecule has 2 rings (SSSR count). The van der Waals surface area contributed by atoms with Crippen molar-refractivity contribution in [2.45, 2.75) is 26.7 Å². The second-order valence-corrected chi connectivity index (χ2v) is 5.38. The summed E-state index contributed by atoms with van der Waals surface area (Å²) >= 11 is 0.